The van der Waals surface area contributed by atoms with Crippen molar-refractivity contribution in [2.75, 3.05) is 20.2 Å². The van der Waals surface area contributed by atoms with E-state index in [0.29, 0.717) is 6.61 Å². The van der Waals surface area contributed by atoms with Crippen molar-refractivity contribution < 1.29 is 31.1 Å². The van der Waals surface area contributed by atoms with Crippen molar-refractivity contribution in [1.82, 2.24) is 9.62 Å². The van der Waals surface area contributed by atoms with Gasteiger partial charge >= 0.3 is 6.18 Å². The molecule has 2 aromatic carbocycles. The Morgan fingerprint density at radius 3 is 2.61 bits per heavy atom. The van der Waals surface area contributed by atoms with Gasteiger partial charge in [-0.3, -0.25) is 4.79 Å². The van der Waals surface area contributed by atoms with E-state index in [1.54, 1.807) is 0 Å². The van der Waals surface area contributed by atoms with Crippen LogP contribution in [0.3, 0.4) is 0 Å². The highest BCUT2D eigenvalue weighted by atomic mass is 32.2. The molecule has 10 heteroatoms. The standard InChI is InChI=1S/C21H23F3N2O4S/c1-26(14-16-6-2-3-10-19(16)21(22,23)24)20(27)15-7-4-9-18(12-15)31(28,29)25-13-17-8-5-11-30-17/h2-4,6-7,9-10,12,17,25H,5,8,11,13-14H2,1H3. The van der Waals surface area contributed by atoms with E-state index in [9.17, 15) is 26.4 Å². The molecular weight excluding hydrogens is 433 g/mol. The third kappa shape index (κ3) is 5.84. The molecule has 0 aromatic heterocycles. The fraction of sp³-hybridized carbons (Fsp3) is 0.381. The topological polar surface area (TPSA) is 75.7 Å². The van der Waals surface area contributed by atoms with E-state index in [2.05, 4.69) is 4.72 Å². The minimum absolute atomic E-state index is 0.0483. The number of alkyl halides is 3. The Kier molecular flexibility index (Phi) is 7.03. The number of ether oxygens (including phenoxy) is 1. The van der Waals surface area contributed by atoms with Gasteiger partial charge in [-0.1, -0.05) is 24.3 Å². The molecule has 0 radical (unpaired) electrons. The number of amides is 1. The molecular formula is C21H23F3N2O4S. The summed E-state index contributed by atoms with van der Waals surface area (Å²) in [4.78, 5) is 13.8. The van der Waals surface area contributed by atoms with Crippen molar-refractivity contribution in [2.24, 2.45) is 0 Å². The Hall–Kier alpha value is -2.43. The molecule has 1 N–H and O–H groups in total. The zero-order valence-electron chi connectivity index (χ0n) is 16.9. The smallest absolute Gasteiger partial charge is 0.377 e. The van der Waals surface area contributed by atoms with Crippen LogP contribution < -0.4 is 4.72 Å². The monoisotopic (exact) mass is 456 g/mol. The number of carbonyl (C=O) groups is 1. The highest BCUT2D eigenvalue weighted by Gasteiger charge is 2.33. The molecule has 1 fully saturated rings. The number of nitrogens with one attached hydrogen (secondary N) is 1. The van der Waals surface area contributed by atoms with Crippen molar-refractivity contribution >= 4 is 15.9 Å². The fourth-order valence-electron chi connectivity index (χ4n) is 3.37. The lowest BCUT2D eigenvalue weighted by Crippen LogP contribution is -2.32. The van der Waals surface area contributed by atoms with Crippen LogP contribution in [0.1, 0.15) is 34.3 Å². The summed E-state index contributed by atoms with van der Waals surface area (Å²) in [5.41, 5.74) is -0.802. The number of benzene rings is 2. The van der Waals surface area contributed by atoms with Gasteiger partial charge in [-0.15, -0.1) is 0 Å². The van der Waals surface area contributed by atoms with Gasteiger partial charge in [0.1, 0.15) is 0 Å². The van der Waals surface area contributed by atoms with Gasteiger partial charge in [0.05, 0.1) is 16.6 Å². The Balaban J connectivity index is 1.74. The third-order valence-corrected chi connectivity index (χ3v) is 6.41. The van der Waals surface area contributed by atoms with Crippen LogP contribution in [0.25, 0.3) is 0 Å². The quantitative estimate of drug-likeness (QED) is 0.693. The minimum atomic E-state index is -4.54. The number of hydrogen-bond donors (Lipinski definition) is 1. The van der Waals surface area contributed by atoms with E-state index in [-0.39, 0.29) is 35.2 Å². The van der Waals surface area contributed by atoms with Crippen molar-refractivity contribution in [1.29, 1.82) is 0 Å². The number of carbonyl (C=O) groups excluding carboxylic acids is 1. The lowest BCUT2D eigenvalue weighted by atomic mass is 10.1. The summed E-state index contributed by atoms with van der Waals surface area (Å²) < 4.78 is 72.6. The van der Waals surface area contributed by atoms with Crippen LogP contribution in [0.5, 0.6) is 0 Å². The number of hydrogen-bond acceptors (Lipinski definition) is 4. The summed E-state index contributed by atoms with van der Waals surface area (Å²) in [6, 6.07) is 10.4. The second kappa shape index (κ2) is 9.37. The predicted octanol–water partition coefficient (Wildman–Crippen LogP) is 3.43. The molecule has 1 saturated heterocycles. The number of nitrogens with zero attached hydrogens (tertiary/aromatic N) is 1. The lowest BCUT2D eigenvalue weighted by molar-refractivity contribution is -0.138. The van der Waals surface area contributed by atoms with Crippen LogP contribution >= 0.6 is 0 Å². The molecule has 0 spiro atoms. The maximum atomic E-state index is 13.2. The second-order valence-corrected chi connectivity index (χ2v) is 9.10. The summed E-state index contributed by atoms with van der Waals surface area (Å²) in [5.74, 6) is -0.590. The molecule has 1 amide bonds. The molecule has 1 aliphatic rings. The van der Waals surface area contributed by atoms with Crippen molar-refractivity contribution in [2.45, 2.75) is 36.6 Å². The van der Waals surface area contributed by atoms with Crippen LogP contribution in [-0.4, -0.2) is 45.5 Å². The maximum Gasteiger partial charge on any atom is 0.416 e. The first kappa shape index (κ1) is 23.2. The molecule has 1 atom stereocenters. The number of sulfonamides is 1. The van der Waals surface area contributed by atoms with Crippen molar-refractivity contribution in [3.63, 3.8) is 0 Å². The average molecular weight is 456 g/mol. The van der Waals surface area contributed by atoms with Crippen LogP contribution in [0.4, 0.5) is 13.2 Å². The first-order valence-electron chi connectivity index (χ1n) is 9.70. The summed E-state index contributed by atoms with van der Waals surface area (Å²) >= 11 is 0. The highest BCUT2D eigenvalue weighted by Crippen LogP contribution is 2.32. The van der Waals surface area contributed by atoms with Gasteiger partial charge in [0.15, 0.2) is 0 Å². The van der Waals surface area contributed by atoms with E-state index >= 15 is 0 Å². The molecule has 168 valence electrons. The molecule has 0 bridgehead atoms. The molecule has 1 heterocycles. The highest BCUT2D eigenvalue weighted by molar-refractivity contribution is 7.89. The van der Waals surface area contributed by atoms with Gasteiger partial charge < -0.3 is 9.64 Å². The molecule has 0 saturated carbocycles. The van der Waals surface area contributed by atoms with Gasteiger partial charge in [-0.25, -0.2) is 13.1 Å². The molecule has 31 heavy (non-hydrogen) atoms. The fourth-order valence-corrected chi connectivity index (χ4v) is 4.48. The minimum Gasteiger partial charge on any atom is -0.377 e. The predicted molar refractivity (Wildman–Crippen MR) is 108 cm³/mol. The molecule has 2 aromatic rings. The van der Waals surface area contributed by atoms with E-state index in [1.807, 2.05) is 0 Å². The largest absolute Gasteiger partial charge is 0.416 e. The summed E-state index contributed by atoms with van der Waals surface area (Å²) in [6.07, 6.45) is -3.08. The van der Waals surface area contributed by atoms with Gasteiger partial charge in [-0.05, 0) is 42.7 Å². The van der Waals surface area contributed by atoms with Gasteiger partial charge in [-0.2, -0.15) is 13.2 Å². The van der Waals surface area contributed by atoms with E-state index in [1.165, 1.54) is 49.5 Å². The number of halogens is 3. The SMILES string of the molecule is CN(Cc1ccccc1C(F)(F)F)C(=O)c1cccc(S(=O)(=O)NCC2CCCO2)c1. The Morgan fingerprint density at radius 2 is 1.94 bits per heavy atom. The van der Waals surface area contributed by atoms with Gasteiger partial charge in [0, 0.05) is 32.3 Å². The molecule has 0 aliphatic carbocycles. The normalized spacial score (nSPS) is 17.0. The van der Waals surface area contributed by atoms with Crippen molar-refractivity contribution in [3.05, 3.63) is 65.2 Å². The summed E-state index contributed by atoms with van der Waals surface area (Å²) in [7, 11) is -2.50. The zero-order valence-corrected chi connectivity index (χ0v) is 17.7. The maximum absolute atomic E-state index is 13.2. The summed E-state index contributed by atoms with van der Waals surface area (Å²) in [5, 5.41) is 0. The van der Waals surface area contributed by atoms with E-state index < -0.39 is 27.7 Å². The lowest BCUT2D eigenvalue weighted by Gasteiger charge is -2.20. The Bertz CT molecular complexity index is 1030. The number of rotatable bonds is 7. The Labute approximate surface area is 179 Å². The van der Waals surface area contributed by atoms with Crippen molar-refractivity contribution in [3.8, 4) is 0 Å². The molecule has 1 aliphatic heterocycles. The average Bonchev–Trinajstić information content (AvgIpc) is 3.25. The van der Waals surface area contributed by atoms with Crippen LogP contribution in [-0.2, 0) is 27.5 Å². The second-order valence-electron chi connectivity index (χ2n) is 7.33. The Morgan fingerprint density at radius 1 is 1.19 bits per heavy atom. The van der Waals surface area contributed by atoms with Crippen LogP contribution in [0, 0.1) is 0 Å². The first-order valence-corrected chi connectivity index (χ1v) is 11.2. The molecule has 1 unspecified atom stereocenters. The zero-order chi connectivity index (χ0) is 22.6. The first-order chi connectivity index (χ1) is 14.6. The van der Waals surface area contributed by atoms with Crippen LogP contribution in [0.15, 0.2) is 53.4 Å². The van der Waals surface area contributed by atoms with Crippen LogP contribution in [0.2, 0.25) is 0 Å². The summed E-state index contributed by atoms with van der Waals surface area (Å²) in [6.45, 7) is 0.456. The van der Waals surface area contributed by atoms with Gasteiger partial charge in [0.25, 0.3) is 5.91 Å². The third-order valence-electron chi connectivity index (χ3n) is 4.99. The molecule has 3 rings (SSSR count). The van der Waals surface area contributed by atoms with E-state index in [4.69, 9.17) is 4.74 Å². The van der Waals surface area contributed by atoms with E-state index in [0.717, 1.165) is 23.8 Å². The van der Waals surface area contributed by atoms with Gasteiger partial charge in [0.2, 0.25) is 10.0 Å². The molecule has 6 nitrogen and oxygen atoms in total.